The number of carbonyl (C=O) groups is 3. The Bertz CT molecular complexity index is 834. The molecule has 0 spiro atoms. The maximum absolute atomic E-state index is 12.2. The lowest BCUT2D eigenvalue weighted by Gasteiger charge is -2.23. The summed E-state index contributed by atoms with van der Waals surface area (Å²) in [5.74, 6) is 2.07. The molecule has 7 nitrogen and oxygen atoms in total. The van der Waals surface area contributed by atoms with Gasteiger partial charge in [0, 0.05) is 19.5 Å². The number of amides is 3. The van der Waals surface area contributed by atoms with Crippen molar-refractivity contribution >= 4 is 18.2 Å². The van der Waals surface area contributed by atoms with E-state index < -0.39 is 0 Å². The van der Waals surface area contributed by atoms with Crippen molar-refractivity contribution in [1.29, 1.82) is 0 Å². The first-order valence-electron chi connectivity index (χ1n) is 13.1. The Morgan fingerprint density at radius 2 is 1.86 bits per heavy atom. The lowest BCUT2D eigenvalue weighted by Crippen LogP contribution is -2.38. The quantitative estimate of drug-likeness (QED) is 0.166. The number of carbonyl (C=O) groups excluding carboxylic acids is 3. The van der Waals surface area contributed by atoms with E-state index in [2.05, 4.69) is 46.2 Å². The summed E-state index contributed by atoms with van der Waals surface area (Å²) in [7, 11) is 0. The van der Waals surface area contributed by atoms with E-state index in [0.29, 0.717) is 49.3 Å². The van der Waals surface area contributed by atoms with E-state index >= 15 is 0 Å². The number of hydrogen-bond acceptors (Lipinski definition) is 4. The van der Waals surface area contributed by atoms with Crippen LogP contribution in [0.25, 0.3) is 0 Å². The molecule has 7 heteroatoms. The van der Waals surface area contributed by atoms with Gasteiger partial charge in [0.15, 0.2) is 0 Å². The second kappa shape index (κ2) is 23.1. The molecule has 0 fully saturated rings. The normalized spacial score (nSPS) is 11.1. The third-order valence-electron chi connectivity index (χ3n) is 4.89. The summed E-state index contributed by atoms with van der Waals surface area (Å²) in [5.41, 5.74) is 5.98. The van der Waals surface area contributed by atoms with Crippen molar-refractivity contribution in [2.24, 2.45) is 17.6 Å². The zero-order chi connectivity index (χ0) is 28.6. The first kappa shape index (κ1) is 35.8. The first-order chi connectivity index (χ1) is 17.7. The Morgan fingerprint density at radius 1 is 1.19 bits per heavy atom. The summed E-state index contributed by atoms with van der Waals surface area (Å²) >= 11 is 0. The molecule has 0 aliphatic heterocycles. The monoisotopic (exact) mass is 515 g/mol. The molecule has 0 aromatic heterocycles. The van der Waals surface area contributed by atoms with Crippen LogP contribution < -0.4 is 15.8 Å². The number of unbranched alkanes of at least 4 members (excludes halogenated alkanes) is 1. The molecule has 1 aromatic rings. The van der Waals surface area contributed by atoms with E-state index in [1.54, 1.807) is 23.1 Å². The molecular weight excluding hydrogens is 466 g/mol. The summed E-state index contributed by atoms with van der Waals surface area (Å²) in [5, 5.41) is 2.43. The Kier molecular flexibility index (Phi) is 22.3. The highest BCUT2D eigenvalue weighted by atomic mass is 16.5. The molecule has 0 aliphatic carbocycles. The van der Waals surface area contributed by atoms with Gasteiger partial charge >= 0.3 is 0 Å². The number of ether oxygens (including phenoxy) is 1. The van der Waals surface area contributed by atoms with Gasteiger partial charge in [0.25, 0.3) is 0 Å². The van der Waals surface area contributed by atoms with Gasteiger partial charge in [-0.3, -0.25) is 14.4 Å². The van der Waals surface area contributed by atoms with Crippen LogP contribution in [0.5, 0.6) is 5.75 Å². The minimum atomic E-state index is -0.187. The maximum Gasteiger partial charge on any atom is 0.242 e. The summed E-state index contributed by atoms with van der Waals surface area (Å²) in [6.45, 7) is 20.9. The predicted molar refractivity (Wildman–Crippen MR) is 154 cm³/mol. The highest BCUT2D eigenvalue weighted by Crippen LogP contribution is 2.18. The lowest BCUT2D eigenvalue weighted by molar-refractivity contribution is -0.132. The number of nitrogens with one attached hydrogen (secondary N) is 1. The minimum absolute atomic E-state index is 0.00604. The zero-order valence-corrected chi connectivity index (χ0v) is 23.8. The van der Waals surface area contributed by atoms with Crippen molar-refractivity contribution in [3.05, 3.63) is 67.0 Å². The molecule has 0 saturated heterocycles. The first-order valence-corrected chi connectivity index (χ1v) is 13.1. The van der Waals surface area contributed by atoms with E-state index in [9.17, 15) is 14.4 Å². The molecular formula is C30H49N3O4. The van der Waals surface area contributed by atoms with Gasteiger partial charge in [-0.15, -0.1) is 0 Å². The van der Waals surface area contributed by atoms with Gasteiger partial charge in [0.1, 0.15) is 11.5 Å². The molecule has 1 unspecified atom stereocenters. The van der Waals surface area contributed by atoms with Crippen LogP contribution in [0.15, 0.2) is 61.4 Å². The number of nitrogens with zero attached hydrogens (tertiary/aromatic N) is 1. The molecule has 0 heterocycles. The largest absolute Gasteiger partial charge is 0.457 e. The van der Waals surface area contributed by atoms with Gasteiger partial charge in [-0.1, -0.05) is 79.3 Å². The molecule has 0 saturated carbocycles. The molecule has 37 heavy (non-hydrogen) atoms. The fraction of sp³-hybridized carbons (Fsp3) is 0.500. The number of allylic oxidation sites excluding steroid dienone is 3. The lowest BCUT2D eigenvalue weighted by atomic mass is 9.96. The third-order valence-corrected chi connectivity index (χ3v) is 4.89. The van der Waals surface area contributed by atoms with Crippen molar-refractivity contribution in [3.8, 4) is 5.75 Å². The van der Waals surface area contributed by atoms with Crippen LogP contribution in [0.3, 0.4) is 0 Å². The van der Waals surface area contributed by atoms with E-state index in [1.165, 1.54) is 0 Å². The highest BCUT2D eigenvalue weighted by Gasteiger charge is 2.13. The molecule has 1 rings (SSSR count). The third kappa shape index (κ3) is 19.5. The fourth-order valence-electron chi connectivity index (χ4n) is 3.44. The minimum Gasteiger partial charge on any atom is -0.457 e. The maximum atomic E-state index is 12.2. The summed E-state index contributed by atoms with van der Waals surface area (Å²) in [6, 6.07) is 7.55. The second-order valence-corrected chi connectivity index (χ2v) is 8.83. The van der Waals surface area contributed by atoms with Crippen LogP contribution in [0.4, 0.5) is 0 Å². The van der Waals surface area contributed by atoms with Gasteiger partial charge in [-0.2, -0.15) is 0 Å². The van der Waals surface area contributed by atoms with E-state index in [4.69, 9.17) is 10.5 Å². The fourth-order valence-corrected chi connectivity index (χ4v) is 3.44. The zero-order valence-electron chi connectivity index (χ0n) is 23.8. The Labute approximate surface area is 224 Å². The average molecular weight is 516 g/mol. The molecule has 0 bridgehead atoms. The van der Waals surface area contributed by atoms with Crippen LogP contribution in [0.1, 0.15) is 72.8 Å². The molecule has 1 atom stereocenters. The highest BCUT2D eigenvalue weighted by molar-refractivity contribution is 5.80. The number of primary amides is 1. The summed E-state index contributed by atoms with van der Waals surface area (Å²) in [4.78, 5) is 34.8. The van der Waals surface area contributed by atoms with Gasteiger partial charge in [-0.05, 0) is 54.5 Å². The number of benzene rings is 1. The molecule has 0 radical (unpaired) electrons. The second-order valence-electron chi connectivity index (χ2n) is 8.83. The average Bonchev–Trinajstić information content (AvgIpc) is 2.85. The number of rotatable bonds is 16. The topological polar surface area (TPSA) is 102 Å². The van der Waals surface area contributed by atoms with Crippen LogP contribution in [0, 0.1) is 11.8 Å². The van der Waals surface area contributed by atoms with Crippen molar-refractivity contribution in [1.82, 2.24) is 10.2 Å². The standard InChI is InChI=1S/C20H26N2O3.C8H17NO.C2H6/c1-4-7-12-22(20(24)14-21-16-23)15-17-10-8-11-19(13-17)25-18(6-3)9-5-2;1-6(2)4-7(3)5-8(9)10;1-2/h5-6,8-11,13,16H,2-4,7,12,14-15H2,1H3,(H,21,23);6-7H,4-5H2,1-3H3,(H2,9,10);1-2H3/b18-9+;;. The van der Waals surface area contributed by atoms with Crippen LogP contribution >= 0.6 is 0 Å². The summed E-state index contributed by atoms with van der Waals surface area (Å²) in [6.07, 6.45) is 9.01. The Balaban J connectivity index is 0. The van der Waals surface area contributed by atoms with Crippen molar-refractivity contribution in [2.45, 2.75) is 73.8 Å². The van der Waals surface area contributed by atoms with Crippen LogP contribution in [-0.4, -0.2) is 36.2 Å². The molecule has 3 N–H and O–H groups in total. The Hall–Kier alpha value is -3.35. The number of hydrogen-bond donors (Lipinski definition) is 2. The summed E-state index contributed by atoms with van der Waals surface area (Å²) < 4.78 is 5.74. The SMILES string of the molecule is C=C/C=C(\C=C)Oc1cccc(CN(CCCC)C(=O)CNC=O)c1.CC.CC(C)CC(C)CC(N)=O. The van der Waals surface area contributed by atoms with Gasteiger partial charge in [-0.25, -0.2) is 0 Å². The molecule has 208 valence electrons. The van der Waals surface area contributed by atoms with E-state index in [1.807, 2.05) is 38.1 Å². The van der Waals surface area contributed by atoms with Crippen LogP contribution in [0.2, 0.25) is 0 Å². The molecule has 0 aliphatic rings. The predicted octanol–water partition coefficient (Wildman–Crippen LogP) is 5.77. The van der Waals surface area contributed by atoms with Gasteiger partial charge in [0.2, 0.25) is 18.2 Å². The van der Waals surface area contributed by atoms with Crippen LogP contribution in [-0.2, 0) is 20.9 Å². The number of nitrogens with two attached hydrogens (primary N) is 1. The van der Waals surface area contributed by atoms with Gasteiger partial charge < -0.3 is 20.7 Å². The Morgan fingerprint density at radius 3 is 2.38 bits per heavy atom. The van der Waals surface area contributed by atoms with E-state index in [-0.39, 0.29) is 18.4 Å². The smallest absolute Gasteiger partial charge is 0.242 e. The van der Waals surface area contributed by atoms with Crippen molar-refractivity contribution in [2.75, 3.05) is 13.1 Å². The van der Waals surface area contributed by atoms with Crippen molar-refractivity contribution in [3.63, 3.8) is 0 Å². The van der Waals surface area contributed by atoms with E-state index in [0.717, 1.165) is 24.8 Å². The molecule has 3 amide bonds. The molecule has 1 aromatic carbocycles. The van der Waals surface area contributed by atoms with Crippen molar-refractivity contribution < 1.29 is 19.1 Å². The van der Waals surface area contributed by atoms with Gasteiger partial charge in [0.05, 0.1) is 6.54 Å².